The van der Waals surface area contributed by atoms with E-state index in [4.69, 9.17) is 5.11 Å². The zero-order valence-corrected chi connectivity index (χ0v) is 7.93. The van der Waals surface area contributed by atoms with E-state index < -0.39 is 0 Å². The van der Waals surface area contributed by atoms with Gasteiger partial charge >= 0.3 is 0 Å². The van der Waals surface area contributed by atoms with Crippen molar-refractivity contribution in [2.24, 2.45) is 13.0 Å². The van der Waals surface area contributed by atoms with Crippen molar-refractivity contribution in [3.05, 3.63) is 0 Å². The summed E-state index contributed by atoms with van der Waals surface area (Å²) in [6.45, 7) is 3.06. The van der Waals surface area contributed by atoms with E-state index >= 15 is 0 Å². The van der Waals surface area contributed by atoms with Crippen molar-refractivity contribution in [2.45, 2.75) is 13.3 Å². The predicted octanol–water partition coefficient (Wildman–Crippen LogP) is -0.360. The van der Waals surface area contributed by atoms with Crippen molar-refractivity contribution in [1.82, 2.24) is 20.2 Å². The van der Waals surface area contributed by atoms with E-state index in [-0.39, 0.29) is 6.61 Å². The van der Waals surface area contributed by atoms with Gasteiger partial charge in [-0.15, -0.1) is 0 Å². The van der Waals surface area contributed by atoms with Gasteiger partial charge in [-0.05, 0) is 22.8 Å². The lowest BCUT2D eigenvalue weighted by Crippen LogP contribution is -2.15. The first-order valence-corrected chi connectivity index (χ1v) is 4.31. The molecule has 6 nitrogen and oxygen atoms in total. The monoisotopic (exact) mass is 185 g/mol. The van der Waals surface area contributed by atoms with Crippen molar-refractivity contribution in [2.75, 3.05) is 18.5 Å². The van der Waals surface area contributed by atoms with E-state index in [9.17, 15) is 0 Å². The van der Waals surface area contributed by atoms with Crippen LogP contribution >= 0.6 is 0 Å². The van der Waals surface area contributed by atoms with Crippen LogP contribution in [0.3, 0.4) is 0 Å². The molecule has 0 aromatic carbocycles. The lowest BCUT2D eigenvalue weighted by molar-refractivity contribution is 0.265. The summed E-state index contributed by atoms with van der Waals surface area (Å²) >= 11 is 0. The lowest BCUT2D eigenvalue weighted by Gasteiger charge is -2.09. The number of aromatic nitrogens is 4. The van der Waals surface area contributed by atoms with Gasteiger partial charge in [0.2, 0.25) is 5.95 Å². The van der Waals surface area contributed by atoms with Gasteiger partial charge in [0.1, 0.15) is 0 Å². The van der Waals surface area contributed by atoms with Crippen LogP contribution in [-0.4, -0.2) is 38.5 Å². The van der Waals surface area contributed by atoms with Gasteiger partial charge in [-0.2, -0.15) is 0 Å². The summed E-state index contributed by atoms with van der Waals surface area (Å²) in [5, 5.41) is 22.7. The van der Waals surface area contributed by atoms with Crippen molar-refractivity contribution < 1.29 is 5.11 Å². The molecule has 0 radical (unpaired) electrons. The third-order valence-electron chi connectivity index (χ3n) is 1.85. The fraction of sp³-hybridized carbons (Fsp3) is 0.857. The SMILES string of the molecule is CC(CCO)CNc1nnnn1C. The summed E-state index contributed by atoms with van der Waals surface area (Å²) in [7, 11) is 1.78. The Bertz CT molecular complexity index is 249. The molecule has 0 amide bonds. The van der Waals surface area contributed by atoms with Crippen LogP contribution in [0.25, 0.3) is 0 Å². The van der Waals surface area contributed by atoms with Gasteiger partial charge in [-0.3, -0.25) is 0 Å². The second-order valence-electron chi connectivity index (χ2n) is 3.12. The van der Waals surface area contributed by atoms with Crippen LogP contribution in [-0.2, 0) is 7.05 Å². The maximum Gasteiger partial charge on any atom is 0.242 e. The van der Waals surface area contributed by atoms with Crippen LogP contribution < -0.4 is 5.32 Å². The molecule has 1 unspecified atom stereocenters. The number of aryl methyl sites for hydroxylation is 1. The molecule has 1 aromatic heterocycles. The van der Waals surface area contributed by atoms with E-state index in [0.29, 0.717) is 11.9 Å². The second kappa shape index (κ2) is 4.76. The molecule has 13 heavy (non-hydrogen) atoms. The first-order valence-electron chi connectivity index (χ1n) is 4.31. The Hall–Kier alpha value is -1.17. The third kappa shape index (κ3) is 2.98. The molecule has 0 aliphatic rings. The van der Waals surface area contributed by atoms with Crippen LogP contribution in [0.2, 0.25) is 0 Å². The van der Waals surface area contributed by atoms with E-state index in [1.807, 2.05) is 0 Å². The Morgan fingerprint density at radius 3 is 2.92 bits per heavy atom. The Kier molecular flexibility index (Phi) is 3.63. The Labute approximate surface area is 76.9 Å². The summed E-state index contributed by atoms with van der Waals surface area (Å²) in [5.41, 5.74) is 0. The van der Waals surface area contributed by atoms with Gasteiger partial charge < -0.3 is 10.4 Å². The highest BCUT2D eigenvalue weighted by molar-refractivity contribution is 5.20. The third-order valence-corrected chi connectivity index (χ3v) is 1.85. The lowest BCUT2D eigenvalue weighted by atomic mass is 10.1. The highest BCUT2D eigenvalue weighted by atomic mass is 16.3. The number of tetrazole rings is 1. The molecule has 1 heterocycles. The van der Waals surface area contributed by atoms with E-state index in [1.165, 1.54) is 0 Å². The molecule has 0 aliphatic heterocycles. The maximum atomic E-state index is 8.68. The van der Waals surface area contributed by atoms with Crippen LogP contribution in [0.1, 0.15) is 13.3 Å². The molecule has 2 N–H and O–H groups in total. The zero-order valence-electron chi connectivity index (χ0n) is 7.93. The predicted molar refractivity (Wildman–Crippen MR) is 48.2 cm³/mol. The molecular weight excluding hydrogens is 170 g/mol. The molecule has 0 spiro atoms. The number of anilines is 1. The Morgan fingerprint density at radius 1 is 1.62 bits per heavy atom. The summed E-state index contributed by atoms with van der Waals surface area (Å²) in [5.74, 6) is 1.08. The fourth-order valence-electron chi connectivity index (χ4n) is 0.967. The van der Waals surface area contributed by atoms with Gasteiger partial charge in [0.15, 0.2) is 0 Å². The van der Waals surface area contributed by atoms with Gasteiger partial charge in [-0.1, -0.05) is 12.0 Å². The van der Waals surface area contributed by atoms with Gasteiger partial charge in [0, 0.05) is 20.2 Å². The first kappa shape index (κ1) is 9.91. The Balaban J connectivity index is 2.30. The average molecular weight is 185 g/mol. The molecule has 74 valence electrons. The summed E-state index contributed by atoms with van der Waals surface area (Å²) in [6, 6.07) is 0. The van der Waals surface area contributed by atoms with Gasteiger partial charge in [0.25, 0.3) is 0 Å². The molecular formula is C7H15N5O. The quantitative estimate of drug-likeness (QED) is 0.655. The van der Waals surface area contributed by atoms with Crippen molar-refractivity contribution in [3.63, 3.8) is 0 Å². The Morgan fingerprint density at radius 2 is 2.38 bits per heavy atom. The van der Waals surface area contributed by atoms with Crippen LogP contribution in [0.5, 0.6) is 0 Å². The highest BCUT2D eigenvalue weighted by Crippen LogP contribution is 2.02. The minimum Gasteiger partial charge on any atom is -0.396 e. The number of hydrogen-bond donors (Lipinski definition) is 2. The molecule has 6 heteroatoms. The molecule has 0 aliphatic carbocycles. The van der Waals surface area contributed by atoms with Crippen molar-refractivity contribution in [3.8, 4) is 0 Å². The standard InChI is InChI=1S/C7H15N5O/c1-6(3-4-13)5-8-7-9-10-11-12(7)2/h6,13H,3-5H2,1-2H3,(H,8,9,11). The molecule has 1 aromatic rings. The molecule has 0 saturated carbocycles. The smallest absolute Gasteiger partial charge is 0.242 e. The maximum absolute atomic E-state index is 8.68. The second-order valence-corrected chi connectivity index (χ2v) is 3.12. The highest BCUT2D eigenvalue weighted by Gasteiger charge is 2.04. The van der Waals surface area contributed by atoms with Gasteiger partial charge in [0.05, 0.1) is 0 Å². The average Bonchev–Trinajstić information content (AvgIpc) is 2.48. The molecule has 0 fully saturated rings. The minimum atomic E-state index is 0.222. The number of hydrogen-bond acceptors (Lipinski definition) is 5. The van der Waals surface area contributed by atoms with E-state index in [1.54, 1.807) is 11.7 Å². The fourth-order valence-corrected chi connectivity index (χ4v) is 0.967. The summed E-state index contributed by atoms with van der Waals surface area (Å²) < 4.78 is 1.58. The van der Waals surface area contributed by atoms with E-state index in [2.05, 4.69) is 27.8 Å². The number of nitrogens with zero attached hydrogens (tertiary/aromatic N) is 4. The van der Waals surface area contributed by atoms with E-state index in [0.717, 1.165) is 13.0 Å². The van der Waals surface area contributed by atoms with Crippen LogP contribution in [0, 0.1) is 5.92 Å². The largest absolute Gasteiger partial charge is 0.396 e. The summed E-state index contributed by atoms with van der Waals surface area (Å²) in [6.07, 6.45) is 0.790. The van der Waals surface area contributed by atoms with Crippen LogP contribution in [0.4, 0.5) is 5.95 Å². The normalized spacial score (nSPS) is 12.8. The molecule has 1 rings (SSSR count). The number of nitrogens with one attached hydrogen (secondary N) is 1. The van der Waals surface area contributed by atoms with Gasteiger partial charge in [-0.25, -0.2) is 4.68 Å². The number of aliphatic hydroxyl groups excluding tert-OH is 1. The number of rotatable bonds is 5. The number of aliphatic hydroxyl groups is 1. The zero-order chi connectivity index (χ0) is 9.68. The molecule has 1 atom stereocenters. The van der Waals surface area contributed by atoms with Crippen molar-refractivity contribution in [1.29, 1.82) is 0 Å². The van der Waals surface area contributed by atoms with Crippen LogP contribution in [0.15, 0.2) is 0 Å². The molecule has 0 bridgehead atoms. The minimum absolute atomic E-state index is 0.222. The van der Waals surface area contributed by atoms with Crippen molar-refractivity contribution >= 4 is 5.95 Å². The summed E-state index contributed by atoms with van der Waals surface area (Å²) in [4.78, 5) is 0. The first-order chi connectivity index (χ1) is 6.24. The topological polar surface area (TPSA) is 75.9 Å². The molecule has 0 saturated heterocycles.